The number of imidazole rings is 1. The molecule has 1 aliphatic heterocycles. The molecule has 144 valence electrons. The third kappa shape index (κ3) is 1.91. The average Bonchev–Trinajstić information content (AvgIpc) is 3.07. The molecule has 1 aromatic heterocycles. The van der Waals surface area contributed by atoms with Crippen molar-refractivity contribution in [2.75, 3.05) is 0 Å². The van der Waals surface area contributed by atoms with Gasteiger partial charge in [-0.05, 0) is 69.2 Å². The fourth-order valence-electron chi connectivity index (χ4n) is 6.66. The molecular weight excluding hydrogens is 340 g/mol. The third-order valence-corrected chi connectivity index (χ3v) is 7.89. The molecule has 5 rings (SSSR count). The second-order valence-corrected chi connectivity index (χ2v) is 8.98. The predicted molar refractivity (Wildman–Crippen MR) is 115 cm³/mol. The summed E-state index contributed by atoms with van der Waals surface area (Å²) < 4.78 is 5.10. The highest BCUT2D eigenvalue weighted by Crippen LogP contribution is 2.61. The summed E-state index contributed by atoms with van der Waals surface area (Å²) in [5.41, 5.74) is 8.83. The van der Waals surface area contributed by atoms with Crippen LogP contribution in [0.25, 0.3) is 17.1 Å². The van der Waals surface area contributed by atoms with Crippen LogP contribution in [-0.4, -0.2) is 4.57 Å². The van der Waals surface area contributed by atoms with E-state index >= 15 is 0 Å². The normalized spacial score (nSPS) is 24.9. The maximum atomic E-state index is 2.64. The molecule has 0 amide bonds. The van der Waals surface area contributed by atoms with Crippen LogP contribution in [0.2, 0.25) is 0 Å². The molecule has 0 spiro atoms. The molecule has 3 aromatic rings. The van der Waals surface area contributed by atoms with Gasteiger partial charge in [0.1, 0.15) is 23.6 Å². The summed E-state index contributed by atoms with van der Waals surface area (Å²) in [5, 5.41) is 0. The lowest BCUT2D eigenvalue weighted by atomic mass is 9.47. The smallest absolute Gasteiger partial charge is 0.223 e. The molecule has 2 heteroatoms. The lowest BCUT2D eigenvalue weighted by molar-refractivity contribution is -0.782. The standard InChI is InChI=1S/C26H31N2/c1-6-25-12-13-26(25,7-2)28-15-14-27(23-19(4)16-18(3)17-20(23)5)24(28)21-10-8-9-11-22(21)25/h8-11,14-17H,6-7,12-13H2,1-5H3/q+1. The van der Waals surface area contributed by atoms with Gasteiger partial charge in [0.25, 0.3) is 5.82 Å². The van der Waals surface area contributed by atoms with Crippen molar-refractivity contribution in [1.82, 2.24) is 4.57 Å². The van der Waals surface area contributed by atoms with Gasteiger partial charge < -0.3 is 0 Å². The molecule has 0 radical (unpaired) electrons. The summed E-state index contributed by atoms with van der Waals surface area (Å²) in [6, 6.07) is 13.8. The van der Waals surface area contributed by atoms with Crippen LogP contribution in [0, 0.1) is 20.8 Å². The van der Waals surface area contributed by atoms with Gasteiger partial charge in [-0.25, -0.2) is 4.57 Å². The molecule has 2 nitrogen and oxygen atoms in total. The highest BCUT2D eigenvalue weighted by molar-refractivity contribution is 5.67. The minimum atomic E-state index is 0.212. The monoisotopic (exact) mass is 371 g/mol. The molecule has 28 heavy (non-hydrogen) atoms. The van der Waals surface area contributed by atoms with Gasteiger partial charge in [-0.3, -0.25) is 0 Å². The summed E-state index contributed by atoms with van der Waals surface area (Å²) in [7, 11) is 0. The van der Waals surface area contributed by atoms with Crippen LogP contribution in [0.15, 0.2) is 48.8 Å². The molecule has 2 unspecified atom stereocenters. The number of fused-ring (bicyclic) bond motifs is 6. The van der Waals surface area contributed by atoms with Crippen molar-refractivity contribution in [2.45, 2.75) is 71.3 Å². The van der Waals surface area contributed by atoms with Gasteiger partial charge in [-0.2, -0.15) is 4.57 Å². The van der Waals surface area contributed by atoms with Crippen molar-refractivity contribution in [1.29, 1.82) is 0 Å². The molecule has 2 heterocycles. The van der Waals surface area contributed by atoms with Crippen LogP contribution < -0.4 is 4.57 Å². The summed E-state index contributed by atoms with van der Waals surface area (Å²) in [5.74, 6) is 1.36. The van der Waals surface area contributed by atoms with E-state index in [2.05, 4.69) is 92.5 Å². The maximum Gasteiger partial charge on any atom is 0.294 e. The first-order valence-electron chi connectivity index (χ1n) is 10.8. The Bertz CT molecular complexity index is 1060. The molecule has 1 fully saturated rings. The summed E-state index contributed by atoms with van der Waals surface area (Å²) in [6.45, 7) is 11.5. The van der Waals surface area contributed by atoms with Crippen molar-refractivity contribution < 1.29 is 4.57 Å². The van der Waals surface area contributed by atoms with Crippen molar-refractivity contribution >= 4 is 0 Å². The lowest BCUT2D eigenvalue weighted by Crippen LogP contribution is -2.75. The first-order valence-corrected chi connectivity index (χ1v) is 10.8. The van der Waals surface area contributed by atoms with E-state index in [1.165, 1.54) is 59.4 Å². The number of nitrogens with zero attached hydrogens (tertiary/aromatic N) is 2. The second-order valence-electron chi connectivity index (χ2n) is 8.98. The Hall–Kier alpha value is -2.35. The van der Waals surface area contributed by atoms with Crippen molar-refractivity contribution in [3.63, 3.8) is 0 Å². The topological polar surface area (TPSA) is 8.81 Å². The van der Waals surface area contributed by atoms with Crippen LogP contribution >= 0.6 is 0 Å². The Labute approximate surface area is 168 Å². The van der Waals surface area contributed by atoms with E-state index in [0.29, 0.717) is 0 Å². The fourth-order valence-corrected chi connectivity index (χ4v) is 6.66. The molecule has 1 aliphatic carbocycles. The van der Waals surface area contributed by atoms with E-state index < -0.39 is 0 Å². The van der Waals surface area contributed by atoms with Gasteiger partial charge in [0.2, 0.25) is 0 Å². The van der Waals surface area contributed by atoms with Crippen molar-refractivity contribution in [3.8, 4) is 17.1 Å². The van der Waals surface area contributed by atoms with E-state index in [9.17, 15) is 0 Å². The van der Waals surface area contributed by atoms with E-state index in [1.54, 1.807) is 5.56 Å². The van der Waals surface area contributed by atoms with Gasteiger partial charge in [0.15, 0.2) is 0 Å². The Balaban J connectivity index is 1.86. The number of hydrogen-bond acceptors (Lipinski definition) is 0. The molecule has 0 saturated heterocycles. The van der Waals surface area contributed by atoms with Crippen LogP contribution in [0.5, 0.6) is 0 Å². The highest BCUT2D eigenvalue weighted by atomic mass is 15.2. The number of hydrogen-bond donors (Lipinski definition) is 0. The molecule has 2 atom stereocenters. The number of benzene rings is 2. The van der Waals surface area contributed by atoms with Gasteiger partial charge in [0.05, 0.1) is 5.56 Å². The predicted octanol–water partition coefficient (Wildman–Crippen LogP) is 5.92. The van der Waals surface area contributed by atoms with E-state index in [-0.39, 0.29) is 11.0 Å². The minimum Gasteiger partial charge on any atom is -0.223 e. The van der Waals surface area contributed by atoms with E-state index in [1.807, 2.05) is 0 Å². The molecule has 0 N–H and O–H groups in total. The van der Waals surface area contributed by atoms with E-state index in [0.717, 1.165) is 0 Å². The van der Waals surface area contributed by atoms with Crippen LogP contribution in [0.1, 0.15) is 61.8 Å². The first kappa shape index (κ1) is 17.7. The first-order chi connectivity index (χ1) is 13.5. The quantitative estimate of drug-likeness (QED) is 0.506. The number of aryl methyl sites for hydroxylation is 3. The third-order valence-electron chi connectivity index (χ3n) is 7.89. The van der Waals surface area contributed by atoms with Crippen LogP contribution in [0.4, 0.5) is 0 Å². The highest BCUT2D eigenvalue weighted by Gasteiger charge is 2.66. The second kappa shape index (κ2) is 5.83. The lowest BCUT2D eigenvalue weighted by Gasteiger charge is -2.59. The Kier molecular flexibility index (Phi) is 3.69. The Morgan fingerprint density at radius 1 is 0.964 bits per heavy atom. The molecule has 1 saturated carbocycles. The van der Waals surface area contributed by atoms with Gasteiger partial charge in [-0.1, -0.05) is 49.7 Å². The fraction of sp³-hybridized carbons (Fsp3) is 0.423. The zero-order valence-corrected chi connectivity index (χ0v) is 17.8. The minimum absolute atomic E-state index is 0.212. The molecule has 2 aliphatic rings. The SMILES string of the molecule is CCC12CCC1(CC)[n+]1ccn(-c3c(C)cc(C)cc3C)c1-c1ccccc12. The molecule has 2 aromatic carbocycles. The molecular formula is C26H31N2+. The number of aromatic nitrogens is 2. The summed E-state index contributed by atoms with van der Waals surface area (Å²) in [4.78, 5) is 0. The molecule has 0 bridgehead atoms. The van der Waals surface area contributed by atoms with Gasteiger partial charge >= 0.3 is 0 Å². The summed E-state index contributed by atoms with van der Waals surface area (Å²) in [6.07, 6.45) is 9.63. The van der Waals surface area contributed by atoms with Crippen LogP contribution in [0.3, 0.4) is 0 Å². The van der Waals surface area contributed by atoms with Crippen molar-refractivity contribution in [2.24, 2.45) is 0 Å². The Morgan fingerprint density at radius 2 is 1.68 bits per heavy atom. The van der Waals surface area contributed by atoms with Gasteiger partial charge in [-0.15, -0.1) is 0 Å². The van der Waals surface area contributed by atoms with Crippen molar-refractivity contribution in [3.05, 3.63) is 71.0 Å². The van der Waals surface area contributed by atoms with Gasteiger partial charge in [0, 0.05) is 5.41 Å². The zero-order chi connectivity index (χ0) is 19.7. The van der Waals surface area contributed by atoms with Crippen LogP contribution in [-0.2, 0) is 11.0 Å². The number of rotatable bonds is 3. The zero-order valence-electron chi connectivity index (χ0n) is 17.8. The Morgan fingerprint density at radius 3 is 2.29 bits per heavy atom. The maximum absolute atomic E-state index is 2.64. The average molecular weight is 372 g/mol. The summed E-state index contributed by atoms with van der Waals surface area (Å²) >= 11 is 0. The van der Waals surface area contributed by atoms with E-state index in [4.69, 9.17) is 0 Å². The largest absolute Gasteiger partial charge is 0.294 e.